The lowest BCUT2D eigenvalue weighted by molar-refractivity contribution is 0.206. The number of aryl methyl sites for hydroxylation is 1. The van der Waals surface area contributed by atoms with E-state index < -0.39 is 0 Å². The molecule has 27 heavy (non-hydrogen) atoms. The predicted octanol–water partition coefficient (Wildman–Crippen LogP) is 2.37. The minimum atomic E-state index is 0.0860. The van der Waals surface area contributed by atoms with Crippen LogP contribution in [0.3, 0.4) is 0 Å². The third-order valence-corrected chi connectivity index (χ3v) is 5.14. The normalized spacial score (nSPS) is 16.5. The second-order valence-electron chi connectivity index (χ2n) is 7.39. The van der Waals surface area contributed by atoms with Crippen LogP contribution < -0.4 is 16.2 Å². The minimum Gasteiger partial charge on any atom is -0.357 e. The van der Waals surface area contributed by atoms with Gasteiger partial charge in [0.05, 0.1) is 0 Å². The van der Waals surface area contributed by atoms with E-state index in [0.29, 0.717) is 6.04 Å². The van der Waals surface area contributed by atoms with Gasteiger partial charge in [0.25, 0.3) is 5.56 Å². The first-order chi connectivity index (χ1) is 13.1. The molecule has 2 heterocycles. The van der Waals surface area contributed by atoms with Crippen molar-refractivity contribution in [1.82, 2.24) is 20.1 Å². The number of piperidine rings is 1. The molecule has 1 fully saturated rings. The van der Waals surface area contributed by atoms with E-state index in [-0.39, 0.29) is 5.56 Å². The van der Waals surface area contributed by atoms with Crippen molar-refractivity contribution in [1.29, 1.82) is 0 Å². The molecule has 1 aliphatic rings. The summed E-state index contributed by atoms with van der Waals surface area (Å²) in [5.41, 5.74) is 1.11. The van der Waals surface area contributed by atoms with Crippen molar-refractivity contribution in [3.8, 4) is 0 Å². The van der Waals surface area contributed by atoms with Crippen molar-refractivity contribution in [2.24, 2.45) is 4.99 Å². The number of nitrogens with zero attached hydrogens (tertiary/aromatic N) is 3. The third-order valence-electron chi connectivity index (χ3n) is 5.14. The van der Waals surface area contributed by atoms with Gasteiger partial charge < -0.3 is 20.1 Å². The fourth-order valence-electron chi connectivity index (χ4n) is 3.61. The molecule has 2 N–H and O–H groups in total. The number of aromatic nitrogens is 1. The molecule has 1 aromatic rings. The zero-order chi connectivity index (χ0) is 19.5. The number of hydrogen-bond acceptors (Lipinski definition) is 3. The van der Waals surface area contributed by atoms with Gasteiger partial charge in [0, 0.05) is 50.5 Å². The zero-order valence-corrected chi connectivity index (χ0v) is 17.3. The molecule has 0 saturated carbocycles. The second-order valence-corrected chi connectivity index (χ2v) is 7.39. The highest BCUT2D eigenvalue weighted by Crippen LogP contribution is 2.10. The van der Waals surface area contributed by atoms with Crippen molar-refractivity contribution in [2.75, 3.05) is 32.7 Å². The molecule has 152 valence electrons. The monoisotopic (exact) mass is 375 g/mol. The van der Waals surface area contributed by atoms with Crippen LogP contribution in [-0.2, 0) is 6.54 Å². The van der Waals surface area contributed by atoms with Gasteiger partial charge in [-0.15, -0.1) is 0 Å². The Bertz CT molecular complexity index is 632. The Hall–Kier alpha value is -1.82. The van der Waals surface area contributed by atoms with E-state index in [1.807, 2.05) is 23.6 Å². The van der Waals surface area contributed by atoms with Crippen LogP contribution in [0.2, 0.25) is 0 Å². The topological polar surface area (TPSA) is 61.7 Å². The van der Waals surface area contributed by atoms with Crippen LogP contribution in [0.25, 0.3) is 0 Å². The van der Waals surface area contributed by atoms with Crippen LogP contribution in [0.4, 0.5) is 0 Å². The van der Waals surface area contributed by atoms with E-state index >= 15 is 0 Å². The second kappa shape index (κ2) is 11.8. The SMILES string of the molecule is CCCN1CCC(NC(=NCCCCn2c(C)cccc2=O)NCC)CC1. The molecule has 1 saturated heterocycles. The summed E-state index contributed by atoms with van der Waals surface area (Å²) >= 11 is 0. The number of guanidine groups is 1. The Morgan fingerprint density at radius 1 is 1.19 bits per heavy atom. The van der Waals surface area contributed by atoms with E-state index in [1.54, 1.807) is 6.07 Å². The van der Waals surface area contributed by atoms with Crippen molar-refractivity contribution in [3.63, 3.8) is 0 Å². The largest absolute Gasteiger partial charge is 0.357 e. The average Bonchev–Trinajstić information content (AvgIpc) is 2.65. The molecule has 6 nitrogen and oxygen atoms in total. The Morgan fingerprint density at radius 3 is 2.63 bits per heavy atom. The lowest BCUT2D eigenvalue weighted by atomic mass is 10.1. The molecule has 1 aliphatic heterocycles. The van der Waals surface area contributed by atoms with Gasteiger partial charge in [0.15, 0.2) is 5.96 Å². The highest BCUT2D eigenvalue weighted by molar-refractivity contribution is 5.80. The summed E-state index contributed by atoms with van der Waals surface area (Å²) in [4.78, 5) is 19.2. The van der Waals surface area contributed by atoms with Gasteiger partial charge in [-0.2, -0.15) is 0 Å². The molecule has 0 atom stereocenters. The smallest absolute Gasteiger partial charge is 0.250 e. The van der Waals surface area contributed by atoms with Crippen LogP contribution in [-0.4, -0.2) is 54.2 Å². The van der Waals surface area contributed by atoms with Gasteiger partial charge in [0.1, 0.15) is 0 Å². The van der Waals surface area contributed by atoms with Gasteiger partial charge in [-0.05, 0) is 58.6 Å². The molecule has 0 radical (unpaired) electrons. The molecule has 0 aromatic carbocycles. The fourth-order valence-corrected chi connectivity index (χ4v) is 3.61. The lowest BCUT2D eigenvalue weighted by Gasteiger charge is -2.32. The zero-order valence-electron chi connectivity index (χ0n) is 17.3. The molecule has 0 amide bonds. The number of aliphatic imine (C=N–C) groups is 1. The molecular formula is C21H37N5O. The summed E-state index contributed by atoms with van der Waals surface area (Å²) in [7, 11) is 0. The lowest BCUT2D eigenvalue weighted by Crippen LogP contribution is -2.48. The van der Waals surface area contributed by atoms with Crippen LogP contribution in [0.5, 0.6) is 0 Å². The standard InChI is InChI=1S/C21H37N5O/c1-4-14-25-16-11-19(12-17-25)24-21(22-5-2)23-13-6-7-15-26-18(3)9-8-10-20(26)27/h8-10,19H,4-7,11-17H2,1-3H3,(H2,22,23,24). The van der Waals surface area contributed by atoms with Crippen molar-refractivity contribution in [2.45, 2.75) is 65.5 Å². The Balaban J connectivity index is 1.74. The van der Waals surface area contributed by atoms with Gasteiger partial charge in [0.2, 0.25) is 0 Å². The summed E-state index contributed by atoms with van der Waals surface area (Å²) in [6.07, 6.45) is 5.54. The van der Waals surface area contributed by atoms with Gasteiger partial charge in [-0.25, -0.2) is 0 Å². The predicted molar refractivity (Wildman–Crippen MR) is 114 cm³/mol. The highest BCUT2D eigenvalue weighted by atomic mass is 16.1. The average molecular weight is 376 g/mol. The van der Waals surface area contributed by atoms with Crippen LogP contribution >= 0.6 is 0 Å². The number of hydrogen-bond donors (Lipinski definition) is 2. The molecule has 0 aliphatic carbocycles. The quantitative estimate of drug-likeness (QED) is 0.395. The molecule has 0 unspecified atom stereocenters. The molecule has 0 spiro atoms. The first-order valence-electron chi connectivity index (χ1n) is 10.6. The first kappa shape index (κ1) is 21.5. The first-order valence-corrected chi connectivity index (χ1v) is 10.6. The van der Waals surface area contributed by atoms with Gasteiger partial charge in [-0.3, -0.25) is 9.79 Å². The molecule has 6 heteroatoms. The van der Waals surface area contributed by atoms with Crippen LogP contribution in [0.1, 0.15) is 51.6 Å². The Labute approximate surface area is 164 Å². The van der Waals surface area contributed by atoms with Crippen LogP contribution in [0, 0.1) is 6.92 Å². The number of rotatable bonds is 9. The maximum Gasteiger partial charge on any atom is 0.250 e. The maximum absolute atomic E-state index is 11.9. The van der Waals surface area contributed by atoms with Crippen molar-refractivity contribution < 1.29 is 0 Å². The van der Waals surface area contributed by atoms with Gasteiger partial charge >= 0.3 is 0 Å². The molecule has 2 rings (SSSR count). The van der Waals surface area contributed by atoms with E-state index in [4.69, 9.17) is 4.99 Å². The summed E-state index contributed by atoms with van der Waals surface area (Å²) in [5, 5.41) is 6.97. The number of unbranched alkanes of at least 4 members (excludes halogenated alkanes) is 1. The van der Waals surface area contributed by atoms with E-state index in [2.05, 4.69) is 29.4 Å². The molecule has 1 aromatic heterocycles. The van der Waals surface area contributed by atoms with Gasteiger partial charge in [-0.1, -0.05) is 13.0 Å². The van der Waals surface area contributed by atoms with E-state index in [0.717, 1.165) is 44.1 Å². The van der Waals surface area contributed by atoms with Crippen LogP contribution in [0.15, 0.2) is 28.0 Å². The molecule has 0 bridgehead atoms. The highest BCUT2D eigenvalue weighted by Gasteiger charge is 2.19. The Morgan fingerprint density at radius 2 is 1.96 bits per heavy atom. The molecular weight excluding hydrogens is 338 g/mol. The number of pyridine rings is 1. The Kier molecular flexibility index (Phi) is 9.39. The van der Waals surface area contributed by atoms with Crippen molar-refractivity contribution in [3.05, 3.63) is 34.2 Å². The number of nitrogens with one attached hydrogen (secondary N) is 2. The minimum absolute atomic E-state index is 0.0860. The maximum atomic E-state index is 11.9. The summed E-state index contributed by atoms with van der Waals surface area (Å²) in [6.45, 7) is 12.3. The summed E-state index contributed by atoms with van der Waals surface area (Å²) in [6, 6.07) is 5.95. The van der Waals surface area contributed by atoms with E-state index in [1.165, 1.54) is 38.9 Å². The third kappa shape index (κ3) is 7.37. The fraction of sp³-hybridized carbons (Fsp3) is 0.714. The summed E-state index contributed by atoms with van der Waals surface area (Å²) in [5.74, 6) is 0.930. The van der Waals surface area contributed by atoms with Crippen molar-refractivity contribution >= 4 is 5.96 Å². The summed E-state index contributed by atoms with van der Waals surface area (Å²) < 4.78 is 1.84. The number of likely N-dealkylation sites (tertiary alicyclic amines) is 1. The van der Waals surface area contributed by atoms with E-state index in [9.17, 15) is 4.79 Å².